The first-order chi connectivity index (χ1) is 8.72. The number of rotatable bonds is 4. The van der Waals surface area contributed by atoms with Crippen molar-refractivity contribution in [3.8, 4) is 0 Å². The molecule has 102 valence electrons. The van der Waals surface area contributed by atoms with E-state index in [1.54, 1.807) is 0 Å². The highest BCUT2D eigenvalue weighted by Gasteiger charge is 2.49. The Morgan fingerprint density at radius 2 is 1.83 bits per heavy atom. The summed E-state index contributed by atoms with van der Waals surface area (Å²) in [7, 11) is 0. The number of likely N-dealkylation sites (N-methyl/N-ethyl adjacent to an activating group) is 1. The molecule has 1 amide bonds. The Morgan fingerprint density at radius 3 is 2.44 bits per heavy atom. The maximum Gasteiger partial charge on any atom is 0.225 e. The lowest BCUT2D eigenvalue weighted by atomic mass is 10.0. The number of carbonyl (C=O) groups excluding carboxylic acids is 1. The molecule has 1 aliphatic heterocycles. The molecule has 18 heavy (non-hydrogen) atoms. The van der Waals surface area contributed by atoms with Gasteiger partial charge in [-0.25, -0.2) is 0 Å². The average Bonchev–Trinajstić information content (AvgIpc) is 2.83. The monoisotopic (exact) mass is 250 g/mol. The number of likely N-dealkylation sites (tertiary alicyclic amines) is 1. The largest absolute Gasteiger partial charge is 0.341 e. The van der Waals surface area contributed by atoms with Crippen LogP contribution in [0.2, 0.25) is 0 Å². The van der Waals surface area contributed by atoms with Crippen molar-refractivity contribution in [3.05, 3.63) is 0 Å². The van der Waals surface area contributed by atoms with Crippen LogP contribution in [0.25, 0.3) is 0 Å². The summed E-state index contributed by atoms with van der Waals surface area (Å²) in [5.74, 6) is 2.68. The van der Waals surface area contributed by atoms with E-state index in [0.29, 0.717) is 17.9 Å². The molecule has 2 aliphatic carbocycles. The van der Waals surface area contributed by atoms with Gasteiger partial charge in [-0.1, -0.05) is 13.8 Å². The first-order valence-corrected chi connectivity index (χ1v) is 7.75. The van der Waals surface area contributed by atoms with Crippen molar-refractivity contribution in [2.45, 2.75) is 45.6 Å². The van der Waals surface area contributed by atoms with Gasteiger partial charge in [-0.3, -0.25) is 9.69 Å². The summed E-state index contributed by atoms with van der Waals surface area (Å²) in [6.45, 7) is 8.63. The molecular weight excluding hydrogens is 224 g/mol. The van der Waals surface area contributed by atoms with Crippen LogP contribution in [0, 0.1) is 17.8 Å². The standard InChI is InChI=1S/C15H26N2O/c1-3-16(4-2)14-5-6-17(10-14)15(18)13-8-11-7-12(11)9-13/h11-14H,3-10H2,1-2H3. The molecule has 0 aromatic rings. The summed E-state index contributed by atoms with van der Waals surface area (Å²) in [4.78, 5) is 17.1. The van der Waals surface area contributed by atoms with E-state index in [1.165, 1.54) is 25.7 Å². The minimum absolute atomic E-state index is 0.379. The van der Waals surface area contributed by atoms with E-state index in [0.717, 1.165) is 38.0 Å². The van der Waals surface area contributed by atoms with Crippen LogP contribution >= 0.6 is 0 Å². The lowest BCUT2D eigenvalue weighted by Gasteiger charge is -2.27. The van der Waals surface area contributed by atoms with Crippen molar-refractivity contribution in [2.24, 2.45) is 17.8 Å². The van der Waals surface area contributed by atoms with E-state index >= 15 is 0 Å². The second kappa shape index (κ2) is 4.84. The Kier molecular flexibility index (Phi) is 3.35. The highest BCUT2D eigenvalue weighted by molar-refractivity contribution is 5.79. The van der Waals surface area contributed by atoms with Crippen LogP contribution in [0.4, 0.5) is 0 Å². The third-order valence-electron chi connectivity index (χ3n) is 5.40. The van der Waals surface area contributed by atoms with E-state index in [2.05, 4.69) is 23.6 Å². The zero-order valence-corrected chi connectivity index (χ0v) is 11.8. The van der Waals surface area contributed by atoms with Crippen LogP contribution in [0.15, 0.2) is 0 Å². The van der Waals surface area contributed by atoms with Crippen LogP contribution in [-0.4, -0.2) is 47.9 Å². The summed E-state index contributed by atoms with van der Waals surface area (Å²) in [5, 5.41) is 0. The van der Waals surface area contributed by atoms with Gasteiger partial charge in [-0.2, -0.15) is 0 Å². The molecule has 3 unspecified atom stereocenters. The summed E-state index contributed by atoms with van der Waals surface area (Å²) < 4.78 is 0. The first kappa shape index (κ1) is 12.5. The molecular formula is C15H26N2O. The molecule has 2 saturated carbocycles. The van der Waals surface area contributed by atoms with E-state index in [4.69, 9.17) is 0 Å². The SMILES string of the molecule is CCN(CC)C1CCN(C(=O)C2CC3CC3C2)C1. The molecule has 0 spiro atoms. The van der Waals surface area contributed by atoms with Gasteiger partial charge in [0.2, 0.25) is 5.91 Å². The Hall–Kier alpha value is -0.570. The number of carbonyl (C=O) groups is 1. The van der Waals surface area contributed by atoms with Gasteiger partial charge < -0.3 is 4.90 Å². The maximum absolute atomic E-state index is 12.5. The van der Waals surface area contributed by atoms with Crippen molar-refractivity contribution >= 4 is 5.91 Å². The molecule has 3 fully saturated rings. The molecule has 0 N–H and O–H groups in total. The Morgan fingerprint density at radius 1 is 1.17 bits per heavy atom. The smallest absolute Gasteiger partial charge is 0.225 e. The minimum Gasteiger partial charge on any atom is -0.341 e. The molecule has 0 bridgehead atoms. The minimum atomic E-state index is 0.379. The Balaban J connectivity index is 1.53. The van der Waals surface area contributed by atoms with E-state index in [-0.39, 0.29) is 0 Å². The predicted molar refractivity (Wildman–Crippen MR) is 72.2 cm³/mol. The van der Waals surface area contributed by atoms with E-state index < -0.39 is 0 Å². The molecule has 1 heterocycles. The molecule has 0 aromatic carbocycles. The van der Waals surface area contributed by atoms with Crippen molar-refractivity contribution < 1.29 is 4.79 Å². The van der Waals surface area contributed by atoms with Crippen LogP contribution in [0.5, 0.6) is 0 Å². The Bertz CT molecular complexity index is 316. The topological polar surface area (TPSA) is 23.6 Å². The maximum atomic E-state index is 12.5. The van der Waals surface area contributed by atoms with Gasteiger partial charge in [-0.15, -0.1) is 0 Å². The fourth-order valence-corrected chi connectivity index (χ4v) is 4.15. The average molecular weight is 250 g/mol. The highest BCUT2D eigenvalue weighted by Crippen LogP contribution is 2.54. The third kappa shape index (κ3) is 2.18. The van der Waals surface area contributed by atoms with Gasteiger partial charge in [-0.05, 0) is 50.6 Å². The first-order valence-electron chi connectivity index (χ1n) is 7.75. The highest BCUT2D eigenvalue weighted by atomic mass is 16.2. The van der Waals surface area contributed by atoms with Crippen molar-refractivity contribution in [1.82, 2.24) is 9.80 Å². The second-order valence-electron chi connectivity index (χ2n) is 6.37. The van der Waals surface area contributed by atoms with E-state index in [1.807, 2.05) is 0 Å². The van der Waals surface area contributed by atoms with Gasteiger partial charge >= 0.3 is 0 Å². The predicted octanol–water partition coefficient (Wildman–Crippen LogP) is 1.98. The fourth-order valence-electron chi connectivity index (χ4n) is 4.15. The molecule has 1 saturated heterocycles. The van der Waals surface area contributed by atoms with Crippen LogP contribution in [0.1, 0.15) is 39.5 Å². The van der Waals surface area contributed by atoms with Crippen molar-refractivity contribution in [1.29, 1.82) is 0 Å². The number of amides is 1. The molecule has 0 aromatic heterocycles. The normalized spacial score (nSPS) is 38.3. The van der Waals surface area contributed by atoms with Crippen LogP contribution in [0.3, 0.4) is 0 Å². The molecule has 3 aliphatic rings. The fraction of sp³-hybridized carbons (Fsp3) is 0.933. The van der Waals surface area contributed by atoms with Crippen molar-refractivity contribution in [3.63, 3.8) is 0 Å². The lowest BCUT2D eigenvalue weighted by molar-refractivity contribution is -0.134. The molecule has 3 atom stereocenters. The molecule has 0 radical (unpaired) electrons. The van der Waals surface area contributed by atoms with Crippen LogP contribution in [-0.2, 0) is 4.79 Å². The van der Waals surface area contributed by atoms with Gasteiger partial charge in [0.15, 0.2) is 0 Å². The number of fused-ring (bicyclic) bond motifs is 1. The quantitative estimate of drug-likeness (QED) is 0.761. The summed E-state index contributed by atoms with van der Waals surface area (Å²) in [6.07, 6.45) is 4.96. The summed E-state index contributed by atoms with van der Waals surface area (Å²) >= 11 is 0. The zero-order chi connectivity index (χ0) is 12.7. The molecule has 3 nitrogen and oxygen atoms in total. The second-order valence-corrected chi connectivity index (χ2v) is 6.37. The number of nitrogens with zero attached hydrogens (tertiary/aromatic N) is 2. The van der Waals surface area contributed by atoms with Gasteiger partial charge in [0.25, 0.3) is 0 Å². The Labute approximate surface area is 111 Å². The van der Waals surface area contributed by atoms with Gasteiger partial charge in [0.05, 0.1) is 0 Å². The van der Waals surface area contributed by atoms with Gasteiger partial charge in [0, 0.05) is 25.0 Å². The number of hydrogen-bond donors (Lipinski definition) is 0. The summed E-state index contributed by atoms with van der Waals surface area (Å²) in [5.41, 5.74) is 0. The number of hydrogen-bond acceptors (Lipinski definition) is 2. The zero-order valence-electron chi connectivity index (χ0n) is 11.8. The molecule has 3 rings (SSSR count). The van der Waals surface area contributed by atoms with E-state index in [9.17, 15) is 4.79 Å². The molecule has 3 heteroatoms. The van der Waals surface area contributed by atoms with Crippen LogP contribution < -0.4 is 0 Å². The lowest BCUT2D eigenvalue weighted by Crippen LogP contribution is -2.40. The summed E-state index contributed by atoms with van der Waals surface area (Å²) in [6, 6.07) is 0.611. The third-order valence-corrected chi connectivity index (χ3v) is 5.40. The van der Waals surface area contributed by atoms with Crippen molar-refractivity contribution in [2.75, 3.05) is 26.2 Å². The van der Waals surface area contributed by atoms with Gasteiger partial charge in [0.1, 0.15) is 0 Å².